The fraction of sp³-hybridized carbons (Fsp3) is 0.188. The van der Waals surface area contributed by atoms with Crippen LogP contribution in [0.4, 0.5) is 5.69 Å². The van der Waals surface area contributed by atoms with Gasteiger partial charge in [0.2, 0.25) is 0 Å². The van der Waals surface area contributed by atoms with Crippen molar-refractivity contribution < 1.29 is 4.79 Å². The van der Waals surface area contributed by atoms with Gasteiger partial charge in [-0.3, -0.25) is 4.79 Å². The molecule has 0 aromatic heterocycles. The molecule has 3 rings (SSSR count). The minimum atomic E-state index is -0.0929. The summed E-state index contributed by atoms with van der Waals surface area (Å²) in [7, 11) is 0. The molecule has 0 saturated carbocycles. The van der Waals surface area contributed by atoms with E-state index in [4.69, 9.17) is 23.2 Å². The second-order valence-electron chi connectivity index (χ2n) is 4.81. The number of amides is 1. The zero-order chi connectivity index (χ0) is 14.1. The van der Waals surface area contributed by atoms with Crippen LogP contribution in [-0.4, -0.2) is 12.5 Å². The smallest absolute Gasteiger partial charge is 0.259 e. The minimum Gasteiger partial charge on any atom is -0.308 e. The summed E-state index contributed by atoms with van der Waals surface area (Å²) in [6.45, 7) is 0.707. The Bertz CT molecular complexity index is 669. The monoisotopic (exact) mass is 305 g/mol. The normalized spacial score (nSPS) is 14.0. The fourth-order valence-electron chi connectivity index (χ4n) is 2.55. The number of hydrogen-bond donors (Lipinski definition) is 0. The lowest BCUT2D eigenvalue weighted by molar-refractivity contribution is 0.0985. The highest BCUT2D eigenvalue weighted by atomic mass is 35.5. The first-order valence-electron chi connectivity index (χ1n) is 6.51. The van der Waals surface area contributed by atoms with Gasteiger partial charge >= 0.3 is 0 Å². The molecule has 0 radical (unpaired) electrons. The first kappa shape index (κ1) is 13.5. The van der Waals surface area contributed by atoms with Gasteiger partial charge in [0.15, 0.2) is 0 Å². The molecular formula is C16H13Cl2NO. The molecule has 0 atom stereocenters. The molecule has 0 aliphatic carbocycles. The molecule has 0 fully saturated rings. The van der Waals surface area contributed by atoms with Crippen LogP contribution in [0.2, 0.25) is 10.0 Å². The van der Waals surface area contributed by atoms with Gasteiger partial charge in [0, 0.05) is 17.3 Å². The average Bonchev–Trinajstić information content (AvgIpc) is 2.48. The molecule has 102 valence electrons. The first-order chi connectivity index (χ1) is 9.66. The summed E-state index contributed by atoms with van der Waals surface area (Å²) >= 11 is 12.1. The SMILES string of the molecule is O=C(c1cc(Cl)ccc1Cl)N1CCCc2ccccc21. The van der Waals surface area contributed by atoms with Gasteiger partial charge in [-0.15, -0.1) is 0 Å². The fourth-order valence-corrected chi connectivity index (χ4v) is 2.92. The Balaban J connectivity index is 2.02. The topological polar surface area (TPSA) is 20.3 Å². The van der Waals surface area contributed by atoms with Crippen LogP contribution in [0.5, 0.6) is 0 Å². The Morgan fingerprint density at radius 3 is 2.75 bits per heavy atom. The minimum absolute atomic E-state index is 0.0929. The van der Waals surface area contributed by atoms with Gasteiger partial charge in [0.1, 0.15) is 0 Å². The van der Waals surface area contributed by atoms with Crippen molar-refractivity contribution in [1.29, 1.82) is 0 Å². The summed E-state index contributed by atoms with van der Waals surface area (Å²) in [5.74, 6) is -0.0929. The third kappa shape index (κ3) is 2.41. The van der Waals surface area contributed by atoms with E-state index in [0.717, 1.165) is 18.5 Å². The van der Waals surface area contributed by atoms with E-state index in [9.17, 15) is 4.79 Å². The lowest BCUT2D eigenvalue weighted by Gasteiger charge is -2.29. The van der Waals surface area contributed by atoms with Gasteiger partial charge in [-0.05, 0) is 42.7 Å². The predicted molar refractivity (Wildman–Crippen MR) is 82.9 cm³/mol. The van der Waals surface area contributed by atoms with Gasteiger partial charge in [-0.1, -0.05) is 41.4 Å². The highest BCUT2D eigenvalue weighted by Crippen LogP contribution is 2.30. The molecule has 0 N–H and O–H groups in total. The number of fused-ring (bicyclic) bond motifs is 1. The Kier molecular flexibility index (Phi) is 3.68. The van der Waals surface area contributed by atoms with Crippen LogP contribution in [0, 0.1) is 0 Å². The van der Waals surface area contributed by atoms with E-state index in [1.807, 2.05) is 18.2 Å². The third-order valence-corrected chi connectivity index (χ3v) is 4.08. The predicted octanol–water partition coefficient (Wildman–Crippen LogP) is 4.59. The molecule has 1 aliphatic rings. The van der Waals surface area contributed by atoms with Crippen LogP contribution in [0.15, 0.2) is 42.5 Å². The second-order valence-corrected chi connectivity index (χ2v) is 5.66. The third-order valence-electron chi connectivity index (χ3n) is 3.51. The van der Waals surface area contributed by atoms with Gasteiger partial charge in [0.25, 0.3) is 5.91 Å². The van der Waals surface area contributed by atoms with E-state index < -0.39 is 0 Å². The summed E-state index contributed by atoms with van der Waals surface area (Å²) in [6, 6.07) is 13.0. The number of halogens is 2. The van der Waals surface area contributed by atoms with Crippen LogP contribution < -0.4 is 4.90 Å². The molecule has 2 nitrogen and oxygen atoms in total. The van der Waals surface area contributed by atoms with Gasteiger partial charge in [-0.25, -0.2) is 0 Å². The number of aryl methyl sites for hydroxylation is 1. The van der Waals surface area contributed by atoms with Crippen LogP contribution in [0.25, 0.3) is 0 Å². The highest BCUT2D eigenvalue weighted by molar-refractivity contribution is 6.36. The molecule has 4 heteroatoms. The molecule has 0 spiro atoms. The summed E-state index contributed by atoms with van der Waals surface area (Å²) in [4.78, 5) is 14.5. The summed E-state index contributed by atoms with van der Waals surface area (Å²) in [6.07, 6.45) is 1.96. The maximum atomic E-state index is 12.7. The van der Waals surface area contributed by atoms with Crippen molar-refractivity contribution in [2.45, 2.75) is 12.8 Å². The largest absolute Gasteiger partial charge is 0.308 e. The summed E-state index contributed by atoms with van der Waals surface area (Å²) in [5, 5.41) is 0.950. The lowest BCUT2D eigenvalue weighted by atomic mass is 10.0. The number of nitrogens with zero attached hydrogens (tertiary/aromatic N) is 1. The lowest BCUT2D eigenvalue weighted by Crippen LogP contribution is -2.35. The van der Waals surface area contributed by atoms with E-state index in [1.165, 1.54) is 5.56 Å². The zero-order valence-corrected chi connectivity index (χ0v) is 12.3. The van der Waals surface area contributed by atoms with Crippen molar-refractivity contribution in [3.05, 3.63) is 63.6 Å². The van der Waals surface area contributed by atoms with Crippen molar-refractivity contribution in [3.8, 4) is 0 Å². The standard InChI is InChI=1S/C16H13Cl2NO/c17-12-7-8-14(18)13(10-12)16(20)19-9-3-5-11-4-1-2-6-15(11)19/h1-2,4,6-8,10H,3,5,9H2. The van der Waals surface area contributed by atoms with Crippen LogP contribution >= 0.6 is 23.2 Å². The molecule has 0 saturated heterocycles. The molecule has 0 unspecified atom stereocenters. The zero-order valence-electron chi connectivity index (χ0n) is 10.8. The summed E-state index contributed by atoms with van der Waals surface area (Å²) < 4.78 is 0. The molecule has 1 heterocycles. The number of benzene rings is 2. The molecule has 0 bridgehead atoms. The average molecular weight is 306 g/mol. The Morgan fingerprint density at radius 2 is 1.90 bits per heavy atom. The number of carbonyl (C=O) groups excluding carboxylic acids is 1. The first-order valence-corrected chi connectivity index (χ1v) is 7.27. The number of rotatable bonds is 1. The maximum absolute atomic E-state index is 12.7. The van der Waals surface area contributed by atoms with E-state index in [0.29, 0.717) is 22.2 Å². The van der Waals surface area contributed by atoms with Gasteiger partial charge < -0.3 is 4.90 Å². The van der Waals surface area contributed by atoms with Crippen LogP contribution in [0.3, 0.4) is 0 Å². The van der Waals surface area contributed by atoms with Crippen molar-refractivity contribution in [2.24, 2.45) is 0 Å². The van der Waals surface area contributed by atoms with Crippen molar-refractivity contribution in [2.75, 3.05) is 11.4 Å². The molecule has 1 aliphatic heterocycles. The number of carbonyl (C=O) groups is 1. The Morgan fingerprint density at radius 1 is 1.10 bits per heavy atom. The number of anilines is 1. The Hall–Kier alpha value is -1.51. The molecule has 2 aromatic rings. The maximum Gasteiger partial charge on any atom is 0.259 e. The van der Waals surface area contributed by atoms with E-state index in [1.54, 1.807) is 23.1 Å². The van der Waals surface area contributed by atoms with Crippen molar-refractivity contribution >= 4 is 34.8 Å². The van der Waals surface area contributed by atoms with E-state index in [-0.39, 0.29) is 5.91 Å². The molecular weight excluding hydrogens is 293 g/mol. The second kappa shape index (κ2) is 5.47. The van der Waals surface area contributed by atoms with Gasteiger partial charge in [-0.2, -0.15) is 0 Å². The van der Waals surface area contributed by atoms with Crippen LogP contribution in [-0.2, 0) is 6.42 Å². The van der Waals surface area contributed by atoms with E-state index >= 15 is 0 Å². The van der Waals surface area contributed by atoms with Crippen LogP contribution in [0.1, 0.15) is 22.3 Å². The molecule has 2 aromatic carbocycles. The van der Waals surface area contributed by atoms with Crippen molar-refractivity contribution in [1.82, 2.24) is 0 Å². The van der Waals surface area contributed by atoms with Gasteiger partial charge in [0.05, 0.1) is 10.6 Å². The molecule has 1 amide bonds. The van der Waals surface area contributed by atoms with Crippen molar-refractivity contribution in [3.63, 3.8) is 0 Å². The highest BCUT2D eigenvalue weighted by Gasteiger charge is 2.24. The quantitative estimate of drug-likeness (QED) is 0.755. The molecule has 20 heavy (non-hydrogen) atoms. The Labute approximate surface area is 127 Å². The number of hydrogen-bond acceptors (Lipinski definition) is 1. The van der Waals surface area contributed by atoms with E-state index in [2.05, 4.69) is 6.07 Å². The number of para-hydroxylation sites is 1. The summed E-state index contributed by atoms with van der Waals surface area (Å²) in [5.41, 5.74) is 2.63.